The molecule has 2 amide bonds. The smallest absolute Gasteiger partial charge is 0.387 e. The van der Waals surface area contributed by atoms with Gasteiger partial charge in [-0.25, -0.2) is 0 Å². The minimum Gasteiger partial charge on any atom is -0.493 e. The Morgan fingerprint density at radius 3 is 2.40 bits per heavy atom. The second-order valence-electron chi connectivity index (χ2n) is 5.18. The highest BCUT2D eigenvalue weighted by Gasteiger charge is 2.26. The highest BCUT2D eigenvalue weighted by molar-refractivity contribution is 6.33. The molecule has 2 aromatic carbocycles. The van der Waals surface area contributed by atoms with E-state index in [1.165, 1.54) is 25.3 Å². The van der Waals surface area contributed by atoms with E-state index in [1.54, 1.807) is 30.3 Å². The van der Waals surface area contributed by atoms with Crippen LogP contribution < -0.4 is 14.8 Å². The van der Waals surface area contributed by atoms with E-state index in [0.717, 1.165) is 0 Å². The Hall–Kier alpha value is -3.22. The van der Waals surface area contributed by atoms with E-state index in [9.17, 15) is 18.4 Å². The van der Waals surface area contributed by atoms with Crippen LogP contribution in [0.2, 0.25) is 0 Å². The van der Waals surface area contributed by atoms with Crippen LogP contribution in [-0.4, -0.2) is 25.5 Å². The molecule has 0 atom stereocenters. The number of ether oxygens (including phenoxy) is 2. The van der Waals surface area contributed by atoms with Crippen LogP contribution in [0.25, 0.3) is 11.6 Å². The molecular formula is C18H13F2NO4. The Labute approximate surface area is 141 Å². The van der Waals surface area contributed by atoms with Gasteiger partial charge in [-0.1, -0.05) is 24.3 Å². The van der Waals surface area contributed by atoms with Crippen molar-refractivity contribution in [2.75, 3.05) is 7.11 Å². The average molecular weight is 345 g/mol. The lowest BCUT2D eigenvalue weighted by molar-refractivity contribution is -0.114. The molecular weight excluding hydrogens is 332 g/mol. The van der Waals surface area contributed by atoms with Crippen molar-refractivity contribution in [3.05, 3.63) is 59.2 Å². The number of benzene rings is 2. The van der Waals surface area contributed by atoms with Crippen LogP contribution in [0.4, 0.5) is 8.78 Å². The fraction of sp³-hybridized carbons (Fsp3) is 0.111. The zero-order valence-corrected chi connectivity index (χ0v) is 13.1. The Kier molecular flexibility index (Phi) is 4.47. The molecule has 0 unspecified atom stereocenters. The number of rotatable bonds is 4. The third-order valence-electron chi connectivity index (χ3n) is 3.65. The fourth-order valence-electron chi connectivity index (χ4n) is 2.56. The van der Waals surface area contributed by atoms with Crippen molar-refractivity contribution >= 4 is 23.5 Å². The lowest BCUT2D eigenvalue weighted by Crippen LogP contribution is -2.36. The first-order chi connectivity index (χ1) is 12.0. The summed E-state index contributed by atoms with van der Waals surface area (Å²) in [7, 11) is 1.34. The van der Waals surface area contributed by atoms with Gasteiger partial charge in [-0.15, -0.1) is 0 Å². The molecule has 0 aliphatic carbocycles. The highest BCUT2D eigenvalue weighted by Crippen LogP contribution is 2.32. The number of hydrogen-bond donors (Lipinski definition) is 1. The summed E-state index contributed by atoms with van der Waals surface area (Å²) in [5.41, 5.74) is 1.54. The minimum absolute atomic E-state index is 0.145. The van der Waals surface area contributed by atoms with Crippen LogP contribution in [0, 0.1) is 0 Å². The topological polar surface area (TPSA) is 64.6 Å². The number of nitrogens with one attached hydrogen (secondary N) is 1. The van der Waals surface area contributed by atoms with Gasteiger partial charge >= 0.3 is 6.61 Å². The number of imide groups is 1. The molecule has 25 heavy (non-hydrogen) atoms. The SMILES string of the molecule is COc1ccc(C=C2C(=O)NC(=O)c3ccccc32)cc1OC(F)F. The summed E-state index contributed by atoms with van der Waals surface area (Å²) in [6.45, 7) is -3.01. The zero-order valence-electron chi connectivity index (χ0n) is 13.1. The van der Waals surface area contributed by atoms with Crippen LogP contribution in [0.5, 0.6) is 11.5 Å². The van der Waals surface area contributed by atoms with E-state index in [-0.39, 0.29) is 17.1 Å². The van der Waals surface area contributed by atoms with E-state index in [4.69, 9.17) is 4.74 Å². The molecule has 0 radical (unpaired) electrons. The number of amides is 2. The first kappa shape index (κ1) is 16.6. The molecule has 3 rings (SSSR count). The lowest BCUT2D eigenvalue weighted by Gasteiger charge is -2.18. The predicted octanol–water partition coefficient (Wildman–Crippen LogP) is 3.11. The molecule has 1 N–H and O–H groups in total. The largest absolute Gasteiger partial charge is 0.493 e. The maximum Gasteiger partial charge on any atom is 0.387 e. The number of fused-ring (bicyclic) bond motifs is 1. The number of alkyl halides is 2. The van der Waals surface area contributed by atoms with Crippen LogP contribution >= 0.6 is 0 Å². The molecule has 0 spiro atoms. The molecule has 0 saturated carbocycles. The summed E-state index contributed by atoms with van der Waals surface area (Å²) in [5.74, 6) is -1.04. The second-order valence-corrected chi connectivity index (χ2v) is 5.18. The van der Waals surface area contributed by atoms with Gasteiger partial charge in [0, 0.05) is 11.1 Å². The van der Waals surface area contributed by atoms with Gasteiger partial charge in [0.15, 0.2) is 11.5 Å². The van der Waals surface area contributed by atoms with E-state index < -0.39 is 18.4 Å². The number of halogens is 2. The quantitative estimate of drug-likeness (QED) is 0.683. The van der Waals surface area contributed by atoms with E-state index in [2.05, 4.69) is 10.1 Å². The predicted molar refractivity (Wildman–Crippen MR) is 86.4 cm³/mol. The maximum absolute atomic E-state index is 12.5. The fourth-order valence-corrected chi connectivity index (χ4v) is 2.56. The molecule has 1 aliphatic rings. The normalized spacial score (nSPS) is 15.1. The Bertz CT molecular complexity index is 877. The molecule has 0 fully saturated rings. The Morgan fingerprint density at radius 1 is 1.00 bits per heavy atom. The lowest BCUT2D eigenvalue weighted by atomic mass is 9.93. The van der Waals surface area contributed by atoms with Crippen LogP contribution in [0.1, 0.15) is 21.5 Å². The maximum atomic E-state index is 12.5. The summed E-state index contributed by atoms with van der Waals surface area (Å²) in [5, 5.41) is 2.25. The summed E-state index contributed by atoms with van der Waals surface area (Å²) in [6, 6.07) is 11.0. The second kappa shape index (κ2) is 6.72. The molecule has 0 bridgehead atoms. The van der Waals surface area contributed by atoms with Crippen molar-refractivity contribution < 1.29 is 27.8 Å². The Morgan fingerprint density at radius 2 is 1.72 bits per heavy atom. The molecule has 128 valence electrons. The molecule has 5 nitrogen and oxygen atoms in total. The standard InChI is InChI=1S/C18H13F2NO4/c1-24-14-7-6-10(9-15(14)25-18(19)20)8-13-11-4-2-3-5-12(11)16(22)21-17(13)23/h2-9,18H,1H3,(H,21,22,23). The van der Waals surface area contributed by atoms with Gasteiger partial charge < -0.3 is 9.47 Å². The monoisotopic (exact) mass is 345 g/mol. The number of carbonyl (C=O) groups excluding carboxylic acids is 2. The van der Waals surface area contributed by atoms with Crippen molar-refractivity contribution in [1.29, 1.82) is 0 Å². The van der Waals surface area contributed by atoms with Crippen molar-refractivity contribution in [1.82, 2.24) is 5.32 Å². The van der Waals surface area contributed by atoms with E-state index in [1.807, 2.05) is 0 Å². The molecule has 7 heteroatoms. The number of hydrogen-bond acceptors (Lipinski definition) is 4. The van der Waals surface area contributed by atoms with Gasteiger partial charge in [-0.05, 0) is 35.4 Å². The highest BCUT2D eigenvalue weighted by atomic mass is 19.3. The van der Waals surface area contributed by atoms with Gasteiger partial charge in [0.1, 0.15) is 0 Å². The number of methoxy groups -OCH3 is 1. The molecule has 2 aromatic rings. The zero-order chi connectivity index (χ0) is 18.0. The van der Waals surface area contributed by atoms with Crippen molar-refractivity contribution in [2.45, 2.75) is 6.61 Å². The molecule has 1 aliphatic heterocycles. The van der Waals surface area contributed by atoms with Crippen molar-refractivity contribution in [3.63, 3.8) is 0 Å². The Balaban J connectivity index is 2.07. The number of carbonyl (C=O) groups is 2. The van der Waals surface area contributed by atoms with Crippen LogP contribution in [0.15, 0.2) is 42.5 Å². The third kappa shape index (κ3) is 3.35. The summed E-state index contributed by atoms with van der Waals surface area (Å²) >= 11 is 0. The summed E-state index contributed by atoms with van der Waals surface area (Å²) in [6.07, 6.45) is 1.50. The van der Waals surface area contributed by atoms with E-state index >= 15 is 0 Å². The average Bonchev–Trinajstić information content (AvgIpc) is 2.58. The van der Waals surface area contributed by atoms with Crippen LogP contribution in [-0.2, 0) is 4.79 Å². The first-order valence-electron chi connectivity index (χ1n) is 7.29. The van der Waals surface area contributed by atoms with Gasteiger partial charge in [0.05, 0.1) is 7.11 Å². The molecule has 1 heterocycles. The third-order valence-corrected chi connectivity index (χ3v) is 3.65. The minimum atomic E-state index is -3.01. The van der Waals surface area contributed by atoms with Gasteiger partial charge in [-0.2, -0.15) is 8.78 Å². The van der Waals surface area contributed by atoms with Crippen molar-refractivity contribution in [3.8, 4) is 11.5 Å². The molecule has 0 saturated heterocycles. The molecule has 0 aromatic heterocycles. The summed E-state index contributed by atoms with van der Waals surface area (Å²) < 4.78 is 34.5. The van der Waals surface area contributed by atoms with Crippen LogP contribution in [0.3, 0.4) is 0 Å². The van der Waals surface area contributed by atoms with E-state index in [0.29, 0.717) is 16.7 Å². The van der Waals surface area contributed by atoms with Gasteiger partial charge in [0.25, 0.3) is 11.8 Å². The first-order valence-corrected chi connectivity index (χ1v) is 7.29. The van der Waals surface area contributed by atoms with Crippen molar-refractivity contribution in [2.24, 2.45) is 0 Å². The van der Waals surface area contributed by atoms with Gasteiger partial charge in [-0.3, -0.25) is 14.9 Å². The van der Waals surface area contributed by atoms with Gasteiger partial charge in [0.2, 0.25) is 0 Å². The summed E-state index contributed by atoms with van der Waals surface area (Å²) in [4.78, 5) is 24.1.